The molecular formula is C23H25N5O. The lowest BCUT2D eigenvalue weighted by atomic mass is 9.83. The zero-order valence-electron chi connectivity index (χ0n) is 16.9. The Kier molecular flexibility index (Phi) is 5.30. The van der Waals surface area contributed by atoms with Gasteiger partial charge in [-0.3, -0.25) is 4.79 Å². The molecule has 148 valence electrons. The van der Waals surface area contributed by atoms with Crippen molar-refractivity contribution in [2.45, 2.75) is 51.9 Å². The first-order valence-corrected chi connectivity index (χ1v) is 10.2. The highest BCUT2D eigenvalue weighted by atomic mass is 16.1. The quantitative estimate of drug-likeness (QED) is 0.727. The van der Waals surface area contributed by atoms with Crippen LogP contribution in [0.5, 0.6) is 0 Å². The third-order valence-corrected chi connectivity index (χ3v) is 5.97. The van der Waals surface area contributed by atoms with Gasteiger partial charge in [-0.05, 0) is 56.2 Å². The molecule has 0 radical (unpaired) electrons. The molecule has 1 aliphatic rings. The van der Waals surface area contributed by atoms with Crippen molar-refractivity contribution in [3.63, 3.8) is 0 Å². The highest BCUT2D eigenvalue weighted by Gasteiger charge is 2.20. The fourth-order valence-corrected chi connectivity index (χ4v) is 4.38. The van der Waals surface area contributed by atoms with Crippen LogP contribution in [0.2, 0.25) is 0 Å². The Balaban J connectivity index is 1.40. The van der Waals surface area contributed by atoms with E-state index in [9.17, 15) is 10.1 Å². The molecule has 6 nitrogen and oxygen atoms in total. The maximum atomic E-state index is 12.5. The van der Waals surface area contributed by atoms with Crippen LogP contribution < -0.4 is 5.32 Å². The van der Waals surface area contributed by atoms with Crippen LogP contribution in [0.15, 0.2) is 30.5 Å². The molecule has 0 bridgehead atoms. The van der Waals surface area contributed by atoms with Crippen LogP contribution in [0.4, 0.5) is 0 Å². The lowest BCUT2D eigenvalue weighted by molar-refractivity contribution is -0.121. The minimum absolute atomic E-state index is 0.0603. The number of nitrogens with one attached hydrogen (secondary N) is 1. The number of carbonyl (C=O) groups is 1. The van der Waals surface area contributed by atoms with Crippen LogP contribution in [-0.2, 0) is 17.6 Å². The average molecular weight is 387 g/mol. The first kappa shape index (κ1) is 19.1. The smallest absolute Gasteiger partial charge is 0.220 e. The molecule has 4 rings (SSSR count). The summed E-state index contributed by atoms with van der Waals surface area (Å²) in [5.74, 6) is 0.462. The van der Waals surface area contributed by atoms with E-state index in [0.717, 1.165) is 29.8 Å². The number of aromatic nitrogens is 3. The van der Waals surface area contributed by atoms with Gasteiger partial charge in [0.2, 0.25) is 5.91 Å². The molecule has 1 aliphatic carbocycles. The third kappa shape index (κ3) is 3.73. The summed E-state index contributed by atoms with van der Waals surface area (Å²) in [5, 5.41) is 16.6. The molecule has 0 unspecified atom stereocenters. The van der Waals surface area contributed by atoms with E-state index < -0.39 is 0 Å². The van der Waals surface area contributed by atoms with E-state index in [1.165, 1.54) is 23.7 Å². The van der Waals surface area contributed by atoms with E-state index in [1.807, 2.05) is 13.8 Å². The summed E-state index contributed by atoms with van der Waals surface area (Å²) in [6, 6.07) is 10.7. The summed E-state index contributed by atoms with van der Waals surface area (Å²) in [6.45, 7) is 4.57. The number of nitriles is 1. The molecule has 1 amide bonds. The number of rotatable bonds is 5. The van der Waals surface area contributed by atoms with Crippen LogP contribution in [0.1, 0.15) is 58.8 Å². The molecule has 0 aliphatic heterocycles. The minimum atomic E-state index is 0.0603. The number of amides is 1. The summed E-state index contributed by atoms with van der Waals surface area (Å²) in [6.07, 6.45) is 5.99. The molecule has 0 saturated carbocycles. The minimum Gasteiger partial charge on any atom is -0.355 e. The average Bonchev–Trinajstić information content (AvgIpc) is 3.15. The summed E-state index contributed by atoms with van der Waals surface area (Å²) in [5.41, 5.74) is 6.64. The lowest BCUT2D eigenvalue weighted by Gasteiger charge is -2.25. The Hall–Kier alpha value is -3.20. The number of fused-ring (bicyclic) bond motifs is 2. The first-order chi connectivity index (χ1) is 14.1. The molecule has 0 spiro atoms. The van der Waals surface area contributed by atoms with Gasteiger partial charge in [-0.1, -0.05) is 24.3 Å². The second-order valence-corrected chi connectivity index (χ2v) is 7.76. The third-order valence-electron chi connectivity index (χ3n) is 5.97. The van der Waals surface area contributed by atoms with E-state index in [4.69, 9.17) is 0 Å². The van der Waals surface area contributed by atoms with Crippen LogP contribution in [0.3, 0.4) is 0 Å². The molecule has 3 aromatic rings. The molecule has 1 N–H and O–H groups in total. The standard InChI is InChI=1S/C23H25N5O/c1-15-20(16(2)28-23(27-15)19(12-24)14-26-28)10-11-22(29)25-13-18-8-5-7-17-6-3-4-9-21(17)18/h3-4,6,9,14,18H,5,7-8,10-11,13H2,1-2H3,(H,25,29)/t18-/m0/s1. The molecule has 1 atom stereocenters. The molecule has 29 heavy (non-hydrogen) atoms. The first-order valence-electron chi connectivity index (χ1n) is 10.2. The van der Waals surface area contributed by atoms with Gasteiger partial charge in [-0.25, -0.2) is 9.50 Å². The summed E-state index contributed by atoms with van der Waals surface area (Å²) in [4.78, 5) is 17.0. The molecule has 1 aromatic carbocycles. The van der Waals surface area contributed by atoms with E-state index in [0.29, 0.717) is 36.5 Å². The molecule has 6 heteroatoms. The Morgan fingerprint density at radius 3 is 3.00 bits per heavy atom. The summed E-state index contributed by atoms with van der Waals surface area (Å²) in [7, 11) is 0. The normalized spacial score (nSPS) is 15.7. The zero-order chi connectivity index (χ0) is 20.4. The van der Waals surface area contributed by atoms with E-state index in [2.05, 4.69) is 45.7 Å². The van der Waals surface area contributed by atoms with Crippen molar-refractivity contribution in [2.24, 2.45) is 0 Å². The highest BCUT2D eigenvalue weighted by Crippen LogP contribution is 2.30. The van der Waals surface area contributed by atoms with Crippen LogP contribution in [0, 0.1) is 25.2 Å². The highest BCUT2D eigenvalue weighted by molar-refractivity contribution is 5.76. The van der Waals surface area contributed by atoms with Crippen molar-refractivity contribution in [1.82, 2.24) is 19.9 Å². The Morgan fingerprint density at radius 2 is 2.17 bits per heavy atom. The topological polar surface area (TPSA) is 83.1 Å². The van der Waals surface area contributed by atoms with Gasteiger partial charge in [-0.2, -0.15) is 10.4 Å². The van der Waals surface area contributed by atoms with Crippen molar-refractivity contribution >= 4 is 11.6 Å². The summed E-state index contributed by atoms with van der Waals surface area (Å²) < 4.78 is 1.69. The van der Waals surface area contributed by atoms with Gasteiger partial charge in [0.25, 0.3) is 0 Å². The monoisotopic (exact) mass is 387 g/mol. The lowest BCUT2D eigenvalue weighted by Crippen LogP contribution is -2.30. The number of carbonyl (C=O) groups excluding carboxylic acids is 1. The number of hydrogen-bond donors (Lipinski definition) is 1. The largest absolute Gasteiger partial charge is 0.355 e. The molecule has 0 fully saturated rings. The maximum absolute atomic E-state index is 12.5. The number of benzene rings is 1. The Bertz CT molecular complexity index is 1110. The van der Waals surface area contributed by atoms with Crippen molar-refractivity contribution in [1.29, 1.82) is 5.26 Å². The van der Waals surface area contributed by atoms with Crippen molar-refractivity contribution in [3.8, 4) is 6.07 Å². The molecule has 2 aromatic heterocycles. The van der Waals surface area contributed by atoms with Crippen molar-refractivity contribution in [3.05, 3.63) is 64.1 Å². The van der Waals surface area contributed by atoms with Gasteiger partial charge in [-0.15, -0.1) is 0 Å². The fourth-order valence-electron chi connectivity index (χ4n) is 4.38. The number of hydrogen-bond acceptors (Lipinski definition) is 4. The number of aryl methyl sites for hydroxylation is 3. The van der Waals surface area contributed by atoms with Crippen molar-refractivity contribution < 1.29 is 4.79 Å². The SMILES string of the molecule is Cc1nc2c(C#N)cnn2c(C)c1CCC(=O)NC[C@@H]1CCCc2ccccc21. The second-order valence-electron chi connectivity index (χ2n) is 7.76. The predicted octanol–water partition coefficient (Wildman–Crippen LogP) is 3.39. The van der Waals surface area contributed by atoms with Crippen LogP contribution >= 0.6 is 0 Å². The maximum Gasteiger partial charge on any atom is 0.220 e. The van der Waals surface area contributed by atoms with Gasteiger partial charge < -0.3 is 5.32 Å². The van der Waals surface area contributed by atoms with Gasteiger partial charge in [0, 0.05) is 30.3 Å². The van der Waals surface area contributed by atoms with Gasteiger partial charge in [0.15, 0.2) is 5.65 Å². The second kappa shape index (κ2) is 8.04. The predicted molar refractivity (Wildman–Crippen MR) is 111 cm³/mol. The summed E-state index contributed by atoms with van der Waals surface area (Å²) >= 11 is 0. The van der Waals surface area contributed by atoms with Gasteiger partial charge in [0.1, 0.15) is 11.6 Å². The molecule has 0 saturated heterocycles. The van der Waals surface area contributed by atoms with E-state index in [1.54, 1.807) is 4.52 Å². The Labute approximate surface area is 170 Å². The zero-order valence-corrected chi connectivity index (χ0v) is 16.9. The van der Waals surface area contributed by atoms with Crippen molar-refractivity contribution in [2.75, 3.05) is 6.54 Å². The van der Waals surface area contributed by atoms with E-state index >= 15 is 0 Å². The molecular weight excluding hydrogens is 362 g/mol. The van der Waals surface area contributed by atoms with E-state index in [-0.39, 0.29) is 5.91 Å². The van der Waals surface area contributed by atoms with Gasteiger partial charge >= 0.3 is 0 Å². The number of nitrogens with zero attached hydrogens (tertiary/aromatic N) is 4. The Morgan fingerprint density at radius 1 is 1.34 bits per heavy atom. The van der Waals surface area contributed by atoms with Crippen LogP contribution in [0.25, 0.3) is 5.65 Å². The van der Waals surface area contributed by atoms with Crippen LogP contribution in [-0.4, -0.2) is 27.0 Å². The fraction of sp³-hybridized carbons (Fsp3) is 0.391. The van der Waals surface area contributed by atoms with Gasteiger partial charge in [0.05, 0.1) is 6.20 Å². The molecule has 2 heterocycles.